The lowest BCUT2D eigenvalue weighted by Crippen LogP contribution is -2.34. The number of halogens is 2. The van der Waals surface area contributed by atoms with Crippen LogP contribution in [0.3, 0.4) is 0 Å². The maximum absolute atomic E-state index is 12.6. The van der Waals surface area contributed by atoms with Crippen molar-refractivity contribution in [1.29, 1.82) is 0 Å². The highest BCUT2D eigenvalue weighted by atomic mass is 79.9. The van der Waals surface area contributed by atoms with E-state index in [2.05, 4.69) is 47.7 Å². The Balaban J connectivity index is 1.48. The Labute approximate surface area is 226 Å². The van der Waals surface area contributed by atoms with E-state index in [-0.39, 0.29) is 0 Å². The lowest BCUT2D eigenvalue weighted by molar-refractivity contribution is -0.131. The number of fused-ring (bicyclic) bond motifs is 1. The standard InChI is InChI=1S/C28H23Br2N3O3/c1-18(27(34)32-25-9-5-4-8-24(25)30)28(35)33-31-16-23-22-7-3-2-6-20(22)12-15-26(23)36-17-19-10-13-21(29)14-11-19/h2-16,18H,17H2,1H3,(H,32,34)(H,33,35). The molecule has 8 heteroatoms. The van der Waals surface area contributed by atoms with E-state index in [1.165, 1.54) is 6.92 Å². The SMILES string of the molecule is CC(C(=O)NN=Cc1c(OCc2ccc(Br)cc2)ccc2ccccc12)C(=O)Nc1ccccc1Br. The van der Waals surface area contributed by atoms with Crippen molar-refractivity contribution < 1.29 is 14.3 Å². The molecule has 0 aliphatic carbocycles. The second-order valence-electron chi connectivity index (χ2n) is 8.04. The van der Waals surface area contributed by atoms with Crippen LogP contribution in [-0.2, 0) is 16.2 Å². The molecule has 0 aliphatic rings. The van der Waals surface area contributed by atoms with Gasteiger partial charge in [0, 0.05) is 14.5 Å². The van der Waals surface area contributed by atoms with Gasteiger partial charge in [-0.1, -0.05) is 70.5 Å². The van der Waals surface area contributed by atoms with Gasteiger partial charge in [-0.2, -0.15) is 5.10 Å². The van der Waals surface area contributed by atoms with Crippen LogP contribution in [0.15, 0.2) is 99.0 Å². The summed E-state index contributed by atoms with van der Waals surface area (Å²) in [6.07, 6.45) is 1.55. The summed E-state index contributed by atoms with van der Waals surface area (Å²) in [5.74, 6) is -1.27. The molecular formula is C28H23Br2N3O3. The number of hydrogen-bond donors (Lipinski definition) is 2. The molecule has 1 atom stereocenters. The van der Waals surface area contributed by atoms with Crippen molar-refractivity contribution in [3.8, 4) is 5.75 Å². The normalized spacial score (nSPS) is 11.9. The molecule has 0 bridgehead atoms. The number of carbonyl (C=O) groups is 2. The number of rotatable bonds is 8. The van der Waals surface area contributed by atoms with E-state index < -0.39 is 17.7 Å². The zero-order chi connectivity index (χ0) is 25.5. The second kappa shape index (κ2) is 12.0. The molecule has 0 radical (unpaired) electrons. The number of hydrazone groups is 1. The van der Waals surface area contributed by atoms with Crippen molar-refractivity contribution in [2.75, 3.05) is 5.32 Å². The molecule has 0 fully saturated rings. The Bertz CT molecular complexity index is 1420. The van der Waals surface area contributed by atoms with Crippen LogP contribution < -0.4 is 15.5 Å². The molecular weight excluding hydrogens is 586 g/mol. The fourth-order valence-electron chi connectivity index (χ4n) is 3.46. The lowest BCUT2D eigenvalue weighted by Gasteiger charge is -2.13. The van der Waals surface area contributed by atoms with E-state index in [0.29, 0.717) is 18.0 Å². The summed E-state index contributed by atoms with van der Waals surface area (Å²) >= 11 is 6.82. The summed E-state index contributed by atoms with van der Waals surface area (Å²) in [5.41, 5.74) is 4.83. The Morgan fingerprint density at radius 2 is 1.64 bits per heavy atom. The van der Waals surface area contributed by atoms with Crippen molar-refractivity contribution in [2.45, 2.75) is 13.5 Å². The van der Waals surface area contributed by atoms with Crippen molar-refractivity contribution in [3.63, 3.8) is 0 Å². The largest absolute Gasteiger partial charge is 0.488 e. The van der Waals surface area contributed by atoms with Gasteiger partial charge >= 0.3 is 0 Å². The molecule has 1 unspecified atom stereocenters. The van der Waals surface area contributed by atoms with Gasteiger partial charge in [0.2, 0.25) is 5.91 Å². The van der Waals surface area contributed by atoms with E-state index in [0.717, 1.165) is 30.8 Å². The molecule has 182 valence electrons. The molecule has 4 aromatic rings. The first kappa shape index (κ1) is 25.6. The van der Waals surface area contributed by atoms with Gasteiger partial charge in [0.15, 0.2) is 0 Å². The van der Waals surface area contributed by atoms with Crippen LogP contribution in [-0.4, -0.2) is 18.0 Å². The number of ether oxygens (including phenoxy) is 1. The Kier molecular flexibility index (Phi) is 8.51. The number of hydrogen-bond acceptors (Lipinski definition) is 4. The van der Waals surface area contributed by atoms with Crippen LogP contribution >= 0.6 is 31.9 Å². The van der Waals surface area contributed by atoms with Crippen molar-refractivity contribution >= 4 is 66.3 Å². The second-order valence-corrected chi connectivity index (χ2v) is 9.81. The number of carbonyl (C=O) groups excluding carboxylic acids is 2. The molecule has 4 rings (SSSR count). The van der Waals surface area contributed by atoms with Gasteiger partial charge in [-0.05, 0) is 69.5 Å². The maximum Gasteiger partial charge on any atom is 0.252 e. The van der Waals surface area contributed by atoms with E-state index in [4.69, 9.17) is 4.74 Å². The molecule has 36 heavy (non-hydrogen) atoms. The third-order valence-corrected chi connectivity index (χ3v) is 6.75. The van der Waals surface area contributed by atoms with Crippen LogP contribution in [0.5, 0.6) is 5.75 Å². The minimum Gasteiger partial charge on any atom is -0.488 e. The molecule has 0 spiro atoms. The predicted molar refractivity (Wildman–Crippen MR) is 150 cm³/mol. The summed E-state index contributed by atoms with van der Waals surface area (Å²) in [6, 6.07) is 26.8. The summed E-state index contributed by atoms with van der Waals surface area (Å²) in [6.45, 7) is 1.91. The van der Waals surface area contributed by atoms with Gasteiger partial charge in [-0.3, -0.25) is 9.59 Å². The van der Waals surface area contributed by atoms with Gasteiger partial charge < -0.3 is 10.1 Å². The van der Waals surface area contributed by atoms with Crippen LogP contribution in [0.25, 0.3) is 10.8 Å². The number of nitrogens with zero attached hydrogens (tertiary/aromatic N) is 1. The van der Waals surface area contributed by atoms with Gasteiger partial charge in [0.1, 0.15) is 18.3 Å². The van der Waals surface area contributed by atoms with E-state index in [1.54, 1.807) is 18.3 Å². The van der Waals surface area contributed by atoms with Gasteiger partial charge in [0.05, 0.1) is 11.9 Å². The number of benzene rings is 4. The molecule has 0 saturated heterocycles. The fourth-order valence-corrected chi connectivity index (χ4v) is 4.10. The Hall–Kier alpha value is -3.49. The molecule has 0 saturated carbocycles. The summed E-state index contributed by atoms with van der Waals surface area (Å²) < 4.78 is 7.84. The average molecular weight is 609 g/mol. The highest BCUT2D eigenvalue weighted by molar-refractivity contribution is 9.10. The lowest BCUT2D eigenvalue weighted by atomic mass is 10.0. The number of amides is 2. The molecule has 2 N–H and O–H groups in total. The zero-order valence-electron chi connectivity index (χ0n) is 19.4. The first-order valence-corrected chi connectivity index (χ1v) is 12.8. The third-order valence-electron chi connectivity index (χ3n) is 5.52. The Morgan fingerprint density at radius 1 is 0.917 bits per heavy atom. The van der Waals surface area contributed by atoms with Crippen molar-refractivity contribution in [2.24, 2.45) is 11.0 Å². The summed E-state index contributed by atoms with van der Waals surface area (Å²) in [4.78, 5) is 25.1. The molecule has 0 aromatic heterocycles. The van der Waals surface area contributed by atoms with Crippen molar-refractivity contribution in [1.82, 2.24) is 5.43 Å². The predicted octanol–water partition coefficient (Wildman–Crippen LogP) is 6.67. The Morgan fingerprint density at radius 3 is 2.42 bits per heavy atom. The smallest absolute Gasteiger partial charge is 0.252 e. The molecule has 6 nitrogen and oxygen atoms in total. The molecule has 0 heterocycles. The zero-order valence-corrected chi connectivity index (χ0v) is 22.5. The molecule has 4 aromatic carbocycles. The van der Waals surface area contributed by atoms with Gasteiger partial charge in [0.25, 0.3) is 5.91 Å². The van der Waals surface area contributed by atoms with E-state index in [9.17, 15) is 9.59 Å². The topological polar surface area (TPSA) is 79.8 Å². The average Bonchev–Trinajstić information content (AvgIpc) is 2.89. The van der Waals surface area contributed by atoms with Gasteiger partial charge in [-0.15, -0.1) is 0 Å². The number of para-hydroxylation sites is 1. The van der Waals surface area contributed by atoms with Crippen molar-refractivity contribution in [3.05, 3.63) is 105 Å². The van der Waals surface area contributed by atoms with Crippen LogP contribution in [0, 0.1) is 5.92 Å². The van der Waals surface area contributed by atoms with E-state index >= 15 is 0 Å². The highest BCUT2D eigenvalue weighted by Crippen LogP contribution is 2.28. The first-order chi connectivity index (χ1) is 17.4. The summed E-state index contributed by atoms with van der Waals surface area (Å²) in [7, 11) is 0. The fraction of sp³-hybridized carbons (Fsp3) is 0.107. The highest BCUT2D eigenvalue weighted by Gasteiger charge is 2.22. The first-order valence-electron chi connectivity index (χ1n) is 11.2. The minimum absolute atomic E-state index is 0.380. The summed E-state index contributed by atoms with van der Waals surface area (Å²) in [5, 5.41) is 8.84. The van der Waals surface area contributed by atoms with Crippen LogP contribution in [0.1, 0.15) is 18.1 Å². The van der Waals surface area contributed by atoms with Crippen LogP contribution in [0.2, 0.25) is 0 Å². The van der Waals surface area contributed by atoms with Gasteiger partial charge in [-0.25, -0.2) is 5.43 Å². The monoisotopic (exact) mass is 607 g/mol. The third kappa shape index (κ3) is 6.38. The van der Waals surface area contributed by atoms with Crippen LogP contribution in [0.4, 0.5) is 5.69 Å². The molecule has 0 aliphatic heterocycles. The number of nitrogens with one attached hydrogen (secondary N) is 2. The molecule has 2 amide bonds. The minimum atomic E-state index is -0.949. The quantitative estimate of drug-likeness (QED) is 0.133. The number of anilines is 1. The maximum atomic E-state index is 12.6. The van der Waals surface area contributed by atoms with E-state index in [1.807, 2.05) is 72.8 Å².